The molecule has 0 amide bonds. The van der Waals surface area contributed by atoms with Gasteiger partial charge < -0.3 is 4.90 Å². The van der Waals surface area contributed by atoms with Gasteiger partial charge in [0.1, 0.15) is 0 Å². The molecule has 0 aromatic heterocycles. The van der Waals surface area contributed by atoms with Gasteiger partial charge in [0.15, 0.2) is 8.07 Å². The summed E-state index contributed by atoms with van der Waals surface area (Å²) < 4.78 is 0. The summed E-state index contributed by atoms with van der Waals surface area (Å²) in [5, 5.41) is 8.65. The third-order valence-electron chi connectivity index (χ3n) is 13.8. The smallest absolute Gasteiger partial charge is 0.182 e. The zero-order valence-electron chi connectivity index (χ0n) is 31.8. The van der Waals surface area contributed by atoms with Crippen LogP contribution >= 0.6 is 0 Å². The van der Waals surface area contributed by atoms with E-state index >= 15 is 0 Å². The molecule has 0 bridgehead atoms. The van der Waals surface area contributed by atoms with Gasteiger partial charge in [0, 0.05) is 5.39 Å². The fraction of sp³-hybridized carbons (Fsp3) is 0.0545. The van der Waals surface area contributed by atoms with E-state index in [2.05, 4.69) is 207 Å². The maximum atomic E-state index is 2.65. The molecule has 0 unspecified atom stereocenters. The van der Waals surface area contributed by atoms with Crippen molar-refractivity contribution in [3.05, 3.63) is 221 Å². The Bertz CT molecular complexity index is 3100. The second kappa shape index (κ2) is 11.0. The number of fused-ring (bicyclic) bond motifs is 21. The number of rotatable bonds is 1. The maximum absolute atomic E-state index is 2.76. The van der Waals surface area contributed by atoms with E-state index < -0.39 is 13.5 Å². The minimum atomic E-state index is -2.76. The number of benzene rings is 9. The molecule has 0 saturated heterocycles. The molecule has 0 N–H and O–H groups in total. The molecule has 0 atom stereocenters. The first-order valence-corrected chi connectivity index (χ1v) is 22.2. The molecule has 2 heteroatoms. The lowest BCUT2D eigenvalue weighted by atomic mass is 9.64. The normalized spacial score (nSPS) is 15.1. The van der Waals surface area contributed by atoms with E-state index in [4.69, 9.17) is 0 Å². The van der Waals surface area contributed by atoms with Crippen molar-refractivity contribution in [1.82, 2.24) is 0 Å². The Morgan fingerprint density at radius 1 is 0.351 bits per heavy atom. The Hall–Kier alpha value is -6.74. The van der Waals surface area contributed by atoms with E-state index in [0.29, 0.717) is 0 Å². The van der Waals surface area contributed by atoms with E-state index in [0.717, 1.165) is 0 Å². The third kappa shape index (κ3) is 3.66. The molecule has 1 nitrogen and oxygen atoms in total. The van der Waals surface area contributed by atoms with Crippen LogP contribution in [-0.2, 0) is 5.41 Å². The molecule has 9 aromatic rings. The summed E-state index contributed by atoms with van der Waals surface area (Å²) in [6.45, 7) is 4.53. The Morgan fingerprint density at radius 2 is 0.825 bits per heavy atom. The molecule has 1 aliphatic carbocycles. The van der Waals surface area contributed by atoms with Gasteiger partial charge >= 0.3 is 0 Å². The van der Waals surface area contributed by atoms with Gasteiger partial charge in [-0.3, -0.25) is 0 Å². The number of hydrogen-bond donors (Lipinski definition) is 0. The van der Waals surface area contributed by atoms with Crippen LogP contribution in [0.2, 0.25) is 0 Å². The molecule has 3 aliphatic heterocycles. The number of nitrogens with zero attached hydrogens (tertiary/aromatic N) is 1. The minimum absolute atomic E-state index is 0.450. The first-order chi connectivity index (χ1) is 28.1. The van der Waals surface area contributed by atoms with Gasteiger partial charge in [-0.15, -0.1) is 0 Å². The van der Waals surface area contributed by atoms with Gasteiger partial charge in [0.05, 0.1) is 22.5 Å². The molecule has 57 heavy (non-hydrogen) atoms. The molecular formula is C55H37NSi. The summed E-state index contributed by atoms with van der Waals surface area (Å²) in [7, 11) is -2.76. The average molecular weight is 740 g/mol. The Labute approximate surface area is 334 Å². The van der Waals surface area contributed by atoms with Gasteiger partial charge in [-0.05, 0) is 114 Å². The predicted molar refractivity (Wildman–Crippen MR) is 241 cm³/mol. The molecule has 4 aliphatic rings. The predicted octanol–water partition coefficient (Wildman–Crippen LogP) is 10.9. The van der Waals surface area contributed by atoms with Crippen LogP contribution in [0.1, 0.15) is 33.4 Å². The van der Waals surface area contributed by atoms with Gasteiger partial charge in [-0.2, -0.15) is 0 Å². The molecule has 13 rings (SSSR count). The minimum Gasteiger partial charge on any atom is -0.309 e. The van der Waals surface area contributed by atoms with E-state index in [-0.39, 0.29) is 0 Å². The van der Waals surface area contributed by atoms with Crippen molar-refractivity contribution < 1.29 is 0 Å². The standard InChI is InChI=1S/C55H37NSi/c1-34-27-29-39-40-30-28-35(2)32-52(40)57(51(39)31-34)50-26-14-7-19-42(50)54-41-18-4-3-17-38(41)49(33-53(54)57)56-47-24-12-10-22-45(47)55(46-23-11-13-25-48(46)56)43-20-8-5-15-36(43)37-16-6-9-21-44(37)55/h3-33H,1-2H3. The van der Waals surface area contributed by atoms with Crippen molar-refractivity contribution in [2.75, 3.05) is 4.90 Å². The van der Waals surface area contributed by atoms with E-state index in [1.807, 2.05) is 0 Å². The van der Waals surface area contributed by atoms with Crippen molar-refractivity contribution in [1.29, 1.82) is 0 Å². The molecule has 9 aromatic carbocycles. The lowest BCUT2D eigenvalue weighted by molar-refractivity contribution is 0.753. The summed E-state index contributed by atoms with van der Waals surface area (Å²) in [5.41, 5.74) is 19.5. The first-order valence-electron chi connectivity index (χ1n) is 20.2. The van der Waals surface area contributed by atoms with Crippen molar-refractivity contribution >= 4 is 56.7 Å². The summed E-state index contributed by atoms with van der Waals surface area (Å²) in [6, 6.07) is 72.4. The largest absolute Gasteiger partial charge is 0.309 e. The number of para-hydroxylation sites is 2. The van der Waals surface area contributed by atoms with Crippen molar-refractivity contribution in [2.24, 2.45) is 0 Å². The zero-order chi connectivity index (χ0) is 37.6. The summed E-state index contributed by atoms with van der Waals surface area (Å²) in [5.74, 6) is 0. The van der Waals surface area contributed by atoms with Crippen molar-refractivity contribution in [2.45, 2.75) is 19.3 Å². The Balaban J connectivity index is 1.18. The molecule has 3 heterocycles. The van der Waals surface area contributed by atoms with E-state index in [9.17, 15) is 0 Å². The molecule has 2 spiro atoms. The maximum Gasteiger partial charge on any atom is 0.182 e. The van der Waals surface area contributed by atoms with Crippen LogP contribution in [0.3, 0.4) is 0 Å². The molecule has 0 radical (unpaired) electrons. The van der Waals surface area contributed by atoms with Crippen LogP contribution in [-0.4, -0.2) is 8.07 Å². The number of anilines is 3. The van der Waals surface area contributed by atoms with Gasteiger partial charge in [0.2, 0.25) is 0 Å². The van der Waals surface area contributed by atoms with Crippen LogP contribution in [0.5, 0.6) is 0 Å². The summed E-state index contributed by atoms with van der Waals surface area (Å²) in [4.78, 5) is 2.62. The van der Waals surface area contributed by atoms with Gasteiger partial charge in [-0.25, -0.2) is 0 Å². The molecule has 266 valence electrons. The fourth-order valence-corrected chi connectivity index (χ4v) is 17.6. The fourth-order valence-electron chi connectivity index (χ4n) is 11.8. The Kier molecular flexibility index (Phi) is 6.05. The van der Waals surface area contributed by atoms with Crippen LogP contribution in [0.4, 0.5) is 17.1 Å². The highest BCUT2D eigenvalue weighted by atomic mass is 28.3. The van der Waals surface area contributed by atoms with E-state index in [1.165, 1.54) is 115 Å². The SMILES string of the molecule is Cc1ccc2c(c1)[Si]1(c3cc(C)ccc3-2)c2ccccc2-c2c1cc(N1c3ccccc3C3(c4ccccc4-c4ccccc43)c3ccccc31)c1ccccc21. The van der Waals surface area contributed by atoms with Crippen molar-refractivity contribution in [3.63, 3.8) is 0 Å². The first kappa shape index (κ1) is 31.5. The van der Waals surface area contributed by atoms with Crippen LogP contribution in [0, 0.1) is 13.8 Å². The summed E-state index contributed by atoms with van der Waals surface area (Å²) in [6.07, 6.45) is 0. The molecular weight excluding hydrogens is 703 g/mol. The Morgan fingerprint density at radius 3 is 1.42 bits per heavy atom. The highest BCUT2D eigenvalue weighted by Gasteiger charge is 2.56. The molecule has 0 fully saturated rings. The summed E-state index contributed by atoms with van der Waals surface area (Å²) >= 11 is 0. The average Bonchev–Trinajstić information content (AvgIpc) is 3.83. The van der Waals surface area contributed by atoms with Crippen LogP contribution in [0.15, 0.2) is 188 Å². The lowest BCUT2D eigenvalue weighted by Gasteiger charge is -2.45. The second-order valence-electron chi connectivity index (χ2n) is 16.5. The van der Waals surface area contributed by atoms with E-state index in [1.54, 1.807) is 0 Å². The van der Waals surface area contributed by atoms with Crippen LogP contribution in [0.25, 0.3) is 44.2 Å². The zero-order valence-corrected chi connectivity index (χ0v) is 32.8. The quantitative estimate of drug-likeness (QED) is 0.152. The molecule has 0 saturated carbocycles. The highest BCUT2D eigenvalue weighted by Crippen LogP contribution is 2.63. The van der Waals surface area contributed by atoms with Gasteiger partial charge in [0.25, 0.3) is 0 Å². The second-order valence-corrected chi connectivity index (χ2v) is 20.1. The number of hydrogen-bond acceptors (Lipinski definition) is 1. The number of aryl methyl sites for hydroxylation is 2. The third-order valence-corrected chi connectivity index (χ3v) is 18.7. The monoisotopic (exact) mass is 739 g/mol. The van der Waals surface area contributed by atoms with Crippen molar-refractivity contribution in [3.8, 4) is 33.4 Å². The lowest BCUT2D eigenvalue weighted by Crippen LogP contribution is -2.70. The van der Waals surface area contributed by atoms with Gasteiger partial charge in [-0.1, -0.05) is 181 Å². The highest BCUT2D eigenvalue weighted by molar-refractivity contribution is 7.24. The van der Waals surface area contributed by atoms with Crippen LogP contribution < -0.4 is 25.6 Å². The topological polar surface area (TPSA) is 3.24 Å².